The zero-order valence-corrected chi connectivity index (χ0v) is 11.2. The fourth-order valence-corrected chi connectivity index (χ4v) is 2.99. The third-order valence-electron chi connectivity index (χ3n) is 3.86. The molecule has 0 unspecified atom stereocenters. The summed E-state index contributed by atoms with van der Waals surface area (Å²) in [6.07, 6.45) is 4.06. The zero-order chi connectivity index (χ0) is 13.1. The summed E-state index contributed by atoms with van der Waals surface area (Å²) in [6.45, 7) is 4.53. The second-order valence-corrected chi connectivity index (χ2v) is 5.08. The van der Waals surface area contributed by atoms with Crippen LogP contribution in [-0.4, -0.2) is 17.7 Å². The van der Waals surface area contributed by atoms with Crippen LogP contribution in [0.3, 0.4) is 0 Å². The monoisotopic (exact) mass is 251 g/mol. The quantitative estimate of drug-likeness (QED) is 0.883. The van der Waals surface area contributed by atoms with Crippen LogP contribution in [0.4, 0.5) is 10.1 Å². The number of nitrogens with zero attached hydrogens (tertiary/aromatic N) is 1. The lowest BCUT2D eigenvalue weighted by Gasteiger charge is -2.32. The van der Waals surface area contributed by atoms with E-state index in [-0.39, 0.29) is 5.82 Å². The predicted octanol–water partition coefficient (Wildman–Crippen LogP) is 3.65. The van der Waals surface area contributed by atoms with Gasteiger partial charge in [-0.25, -0.2) is 4.39 Å². The summed E-state index contributed by atoms with van der Waals surface area (Å²) in [5, 5.41) is 9.82. The highest BCUT2D eigenvalue weighted by Gasteiger charge is 2.26. The van der Waals surface area contributed by atoms with E-state index in [1.165, 1.54) is 18.9 Å². The fourth-order valence-electron chi connectivity index (χ4n) is 2.99. The number of hydrogen-bond acceptors (Lipinski definition) is 2. The maximum atomic E-state index is 14.1. The minimum absolute atomic E-state index is 0.220. The third kappa shape index (κ3) is 2.51. The Bertz CT molecular complexity index is 399. The Balaban J connectivity index is 2.40. The lowest BCUT2D eigenvalue weighted by Crippen LogP contribution is -2.34. The summed E-state index contributed by atoms with van der Waals surface area (Å²) in [5.41, 5.74) is 1.30. The Morgan fingerprint density at radius 3 is 2.61 bits per heavy atom. The average molecular weight is 251 g/mol. The fraction of sp³-hybridized carbons (Fsp3) is 0.600. The van der Waals surface area contributed by atoms with Gasteiger partial charge in [0.25, 0.3) is 0 Å². The van der Waals surface area contributed by atoms with Gasteiger partial charge in [-0.1, -0.05) is 25.0 Å². The van der Waals surface area contributed by atoms with Crippen molar-refractivity contribution in [2.75, 3.05) is 11.4 Å². The van der Waals surface area contributed by atoms with E-state index in [1.54, 1.807) is 13.0 Å². The first-order valence-corrected chi connectivity index (χ1v) is 6.88. The number of para-hydroxylation sites is 1. The standard InChI is InChI=1S/C15H22FNO/c1-3-17(12-7-4-5-8-12)15-13(11(2)18)9-6-10-14(15)16/h6,9-12,18H,3-5,7-8H2,1-2H3/t11-/m1/s1. The molecule has 0 bridgehead atoms. The van der Waals surface area contributed by atoms with Gasteiger partial charge in [-0.15, -0.1) is 0 Å². The first-order chi connectivity index (χ1) is 8.65. The molecule has 0 aromatic heterocycles. The van der Waals surface area contributed by atoms with Gasteiger partial charge in [-0.3, -0.25) is 0 Å². The van der Waals surface area contributed by atoms with Crippen molar-refractivity contribution >= 4 is 5.69 Å². The molecule has 1 aliphatic rings. The number of rotatable bonds is 4. The van der Waals surface area contributed by atoms with E-state index >= 15 is 0 Å². The number of hydrogen-bond donors (Lipinski definition) is 1. The highest BCUT2D eigenvalue weighted by molar-refractivity contribution is 5.56. The molecule has 18 heavy (non-hydrogen) atoms. The summed E-state index contributed by atoms with van der Waals surface area (Å²) in [4.78, 5) is 2.13. The molecule has 100 valence electrons. The molecule has 1 aliphatic carbocycles. The van der Waals surface area contributed by atoms with E-state index in [0.717, 1.165) is 19.4 Å². The van der Waals surface area contributed by atoms with Crippen LogP contribution in [0.5, 0.6) is 0 Å². The van der Waals surface area contributed by atoms with E-state index in [2.05, 4.69) is 11.8 Å². The number of aliphatic hydroxyl groups is 1. The van der Waals surface area contributed by atoms with Crippen molar-refractivity contribution in [2.24, 2.45) is 0 Å². The molecule has 0 heterocycles. The molecule has 2 nitrogen and oxygen atoms in total. The number of anilines is 1. The van der Waals surface area contributed by atoms with E-state index < -0.39 is 6.10 Å². The van der Waals surface area contributed by atoms with Crippen molar-refractivity contribution in [3.8, 4) is 0 Å². The molecule has 2 rings (SSSR count). The minimum atomic E-state index is -0.633. The van der Waals surface area contributed by atoms with Crippen LogP contribution >= 0.6 is 0 Å². The molecule has 0 saturated heterocycles. The molecule has 1 aromatic carbocycles. The molecular weight excluding hydrogens is 229 g/mol. The zero-order valence-electron chi connectivity index (χ0n) is 11.2. The lowest BCUT2D eigenvalue weighted by molar-refractivity contribution is 0.199. The van der Waals surface area contributed by atoms with Crippen LogP contribution in [0.25, 0.3) is 0 Å². The maximum absolute atomic E-state index is 14.1. The van der Waals surface area contributed by atoms with E-state index in [0.29, 0.717) is 17.3 Å². The van der Waals surface area contributed by atoms with Gasteiger partial charge in [0.15, 0.2) is 0 Å². The van der Waals surface area contributed by atoms with Gasteiger partial charge in [0.1, 0.15) is 5.82 Å². The van der Waals surface area contributed by atoms with Gasteiger partial charge in [0, 0.05) is 18.2 Å². The summed E-state index contributed by atoms with van der Waals surface area (Å²) in [5.74, 6) is -0.220. The molecule has 1 aromatic rings. The van der Waals surface area contributed by atoms with Crippen molar-refractivity contribution in [3.63, 3.8) is 0 Å². The molecular formula is C15H22FNO. The van der Waals surface area contributed by atoms with Gasteiger partial charge in [-0.05, 0) is 32.8 Å². The maximum Gasteiger partial charge on any atom is 0.146 e. The number of halogens is 1. The van der Waals surface area contributed by atoms with Crippen molar-refractivity contribution in [2.45, 2.75) is 51.7 Å². The highest BCUT2D eigenvalue weighted by Crippen LogP contribution is 2.34. The first kappa shape index (κ1) is 13.3. The summed E-state index contributed by atoms with van der Waals surface area (Å²) < 4.78 is 14.1. The second-order valence-electron chi connectivity index (χ2n) is 5.08. The molecule has 1 fully saturated rings. The van der Waals surface area contributed by atoms with Crippen LogP contribution in [0, 0.1) is 5.82 Å². The Morgan fingerprint density at radius 2 is 2.06 bits per heavy atom. The Hall–Kier alpha value is -1.09. The van der Waals surface area contributed by atoms with E-state index in [9.17, 15) is 9.50 Å². The lowest BCUT2D eigenvalue weighted by atomic mass is 10.0. The van der Waals surface area contributed by atoms with Gasteiger partial charge in [-0.2, -0.15) is 0 Å². The van der Waals surface area contributed by atoms with E-state index in [4.69, 9.17) is 0 Å². The summed E-state index contributed by atoms with van der Waals surface area (Å²) >= 11 is 0. The van der Waals surface area contributed by atoms with Crippen LogP contribution in [0.1, 0.15) is 51.2 Å². The molecule has 1 saturated carbocycles. The normalized spacial score (nSPS) is 18.0. The number of aliphatic hydroxyl groups excluding tert-OH is 1. The van der Waals surface area contributed by atoms with Gasteiger partial charge in [0.05, 0.1) is 11.8 Å². The molecule has 0 aliphatic heterocycles. The minimum Gasteiger partial charge on any atom is -0.389 e. The van der Waals surface area contributed by atoms with Crippen LogP contribution < -0.4 is 4.90 Å². The van der Waals surface area contributed by atoms with E-state index in [1.807, 2.05) is 6.07 Å². The molecule has 0 radical (unpaired) electrons. The second kappa shape index (κ2) is 5.70. The van der Waals surface area contributed by atoms with Gasteiger partial charge < -0.3 is 10.0 Å². The van der Waals surface area contributed by atoms with Gasteiger partial charge >= 0.3 is 0 Å². The average Bonchev–Trinajstić information content (AvgIpc) is 2.85. The van der Waals surface area contributed by atoms with Crippen LogP contribution in [0.2, 0.25) is 0 Å². The largest absolute Gasteiger partial charge is 0.389 e. The SMILES string of the molecule is CCN(c1c(F)cccc1[C@@H](C)O)C1CCCC1. The molecule has 0 spiro atoms. The van der Waals surface area contributed by atoms with Crippen molar-refractivity contribution in [1.29, 1.82) is 0 Å². The van der Waals surface area contributed by atoms with Gasteiger partial charge in [0.2, 0.25) is 0 Å². The molecule has 1 atom stereocenters. The Labute approximate surface area is 108 Å². The van der Waals surface area contributed by atoms with Crippen molar-refractivity contribution in [1.82, 2.24) is 0 Å². The topological polar surface area (TPSA) is 23.5 Å². The smallest absolute Gasteiger partial charge is 0.146 e. The van der Waals surface area contributed by atoms with Crippen LogP contribution in [0.15, 0.2) is 18.2 Å². The third-order valence-corrected chi connectivity index (χ3v) is 3.86. The number of benzene rings is 1. The van der Waals surface area contributed by atoms with Crippen molar-refractivity contribution < 1.29 is 9.50 Å². The first-order valence-electron chi connectivity index (χ1n) is 6.88. The Kier molecular flexibility index (Phi) is 4.23. The molecule has 1 N–H and O–H groups in total. The molecule has 0 amide bonds. The van der Waals surface area contributed by atoms with Crippen LogP contribution in [-0.2, 0) is 0 Å². The summed E-state index contributed by atoms with van der Waals surface area (Å²) in [7, 11) is 0. The predicted molar refractivity (Wildman–Crippen MR) is 72.3 cm³/mol. The molecule has 3 heteroatoms. The highest BCUT2D eigenvalue weighted by atomic mass is 19.1. The Morgan fingerprint density at radius 1 is 1.39 bits per heavy atom. The van der Waals surface area contributed by atoms with Crippen molar-refractivity contribution in [3.05, 3.63) is 29.6 Å². The summed E-state index contributed by atoms with van der Waals surface area (Å²) in [6, 6.07) is 5.40.